The van der Waals surface area contributed by atoms with Crippen molar-refractivity contribution in [1.82, 2.24) is 9.97 Å². The molecule has 0 unspecified atom stereocenters. The van der Waals surface area contributed by atoms with Crippen molar-refractivity contribution in [2.75, 3.05) is 17.2 Å². The molecule has 5 heteroatoms. The van der Waals surface area contributed by atoms with Gasteiger partial charge in [0.1, 0.15) is 18.0 Å². The lowest BCUT2D eigenvalue weighted by Gasteiger charge is -2.11. The normalized spacial score (nSPS) is 10.3. The molecular weight excluding hydrogens is 228 g/mol. The van der Waals surface area contributed by atoms with Crippen LogP contribution in [0, 0.1) is 6.92 Å². The minimum absolute atomic E-state index is 0.696. The van der Waals surface area contributed by atoms with E-state index in [1.807, 2.05) is 13.0 Å². The van der Waals surface area contributed by atoms with Gasteiger partial charge in [-0.15, -0.1) is 0 Å². The predicted octanol–water partition coefficient (Wildman–Crippen LogP) is 2.81. The highest BCUT2D eigenvalue weighted by atomic mass is 16.3. The van der Waals surface area contributed by atoms with Gasteiger partial charge in [0.2, 0.25) is 0 Å². The number of furan rings is 1. The fourth-order valence-corrected chi connectivity index (χ4v) is 1.63. The van der Waals surface area contributed by atoms with Gasteiger partial charge in [0.25, 0.3) is 0 Å². The number of nitrogens with one attached hydrogen (secondary N) is 2. The zero-order valence-electron chi connectivity index (χ0n) is 10.7. The zero-order chi connectivity index (χ0) is 12.8. The van der Waals surface area contributed by atoms with Crippen molar-refractivity contribution in [2.45, 2.75) is 26.8 Å². The highest BCUT2D eigenvalue weighted by Crippen LogP contribution is 2.18. The van der Waals surface area contributed by atoms with Crippen LogP contribution in [0.3, 0.4) is 0 Å². The van der Waals surface area contributed by atoms with E-state index in [0.717, 1.165) is 35.7 Å². The highest BCUT2D eigenvalue weighted by Gasteiger charge is 2.06. The molecule has 18 heavy (non-hydrogen) atoms. The Hall–Kier alpha value is -2.04. The van der Waals surface area contributed by atoms with Gasteiger partial charge >= 0.3 is 0 Å². The van der Waals surface area contributed by atoms with Gasteiger partial charge in [-0.2, -0.15) is 0 Å². The summed E-state index contributed by atoms with van der Waals surface area (Å²) < 4.78 is 5.02. The van der Waals surface area contributed by atoms with Gasteiger partial charge in [-0.25, -0.2) is 9.97 Å². The SMILES string of the molecule is CCCNc1ncnc(NCc2ccoc2)c1C. The summed E-state index contributed by atoms with van der Waals surface area (Å²) in [5.41, 5.74) is 2.13. The van der Waals surface area contributed by atoms with Gasteiger partial charge in [-0.05, 0) is 19.4 Å². The van der Waals surface area contributed by atoms with Gasteiger partial charge in [0, 0.05) is 24.2 Å². The van der Waals surface area contributed by atoms with Gasteiger partial charge < -0.3 is 15.1 Å². The molecule has 0 radical (unpaired) electrons. The van der Waals surface area contributed by atoms with Crippen molar-refractivity contribution in [3.05, 3.63) is 36.0 Å². The van der Waals surface area contributed by atoms with E-state index in [9.17, 15) is 0 Å². The Balaban J connectivity index is 2.03. The van der Waals surface area contributed by atoms with E-state index in [4.69, 9.17) is 4.42 Å². The molecule has 2 heterocycles. The summed E-state index contributed by atoms with van der Waals surface area (Å²) in [4.78, 5) is 8.49. The topological polar surface area (TPSA) is 63.0 Å². The second-order valence-electron chi connectivity index (χ2n) is 4.11. The van der Waals surface area contributed by atoms with Crippen molar-refractivity contribution >= 4 is 11.6 Å². The van der Waals surface area contributed by atoms with E-state index < -0.39 is 0 Å². The maximum absolute atomic E-state index is 5.02. The van der Waals surface area contributed by atoms with E-state index in [1.54, 1.807) is 18.9 Å². The van der Waals surface area contributed by atoms with Crippen molar-refractivity contribution in [3.8, 4) is 0 Å². The fraction of sp³-hybridized carbons (Fsp3) is 0.385. The Labute approximate surface area is 107 Å². The van der Waals surface area contributed by atoms with Gasteiger partial charge in [0.15, 0.2) is 0 Å². The van der Waals surface area contributed by atoms with Crippen molar-refractivity contribution in [2.24, 2.45) is 0 Å². The van der Waals surface area contributed by atoms with Crippen LogP contribution in [0.2, 0.25) is 0 Å². The average Bonchev–Trinajstić information content (AvgIpc) is 2.89. The molecule has 5 nitrogen and oxygen atoms in total. The molecule has 2 aromatic rings. The summed E-state index contributed by atoms with van der Waals surface area (Å²) in [7, 11) is 0. The van der Waals surface area contributed by atoms with E-state index in [2.05, 4.69) is 27.5 Å². The fourth-order valence-electron chi connectivity index (χ4n) is 1.63. The Bertz CT molecular complexity index is 482. The Morgan fingerprint density at radius 3 is 2.67 bits per heavy atom. The molecule has 2 rings (SSSR count). The van der Waals surface area contributed by atoms with Crippen LogP contribution in [0.15, 0.2) is 29.3 Å². The minimum Gasteiger partial charge on any atom is -0.472 e. The van der Waals surface area contributed by atoms with Crippen molar-refractivity contribution < 1.29 is 4.42 Å². The molecule has 2 aromatic heterocycles. The maximum Gasteiger partial charge on any atom is 0.134 e. The predicted molar refractivity (Wildman–Crippen MR) is 71.6 cm³/mol. The molecule has 0 amide bonds. The lowest BCUT2D eigenvalue weighted by molar-refractivity contribution is 0.564. The summed E-state index contributed by atoms with van der Waals surface area (Å²) in [5.74, 6) is 1.74. The van der Waals surface area contributed by atoms with Crippen LogP contribution < -0.4 is 10.6 Å². The quantitative estimate of drug-likeness (QED) is 0.820. The van der Waals surface area contributed by atoms with Crippen LogP contribution >= 0.6 is 0 Å². The number of aromatic nitrogens is 2. The van der Waals surface area contributed by atoms with Crippen LogP contribution in [0.1, 0.15) is 24.5 Å². The first-order valence-corrected chi connectivity index (χ1v) is 6.11. The van der Waals surface area contributed by atoms with Crippen LogP contribution in [0.5, 0.6) is 0 Å². The third kappa shape index (κ3) is 3.00. The number of rotatable bonds is 6. The second kappa shape index (κ2) is 6.05. The highest BCUT2D eigenvalue weighted by molar-refractivity contribution is 5.56. The van der Waals surface area contributed by atoms with E-state index in [-0.39, 0.29) is 0 Å². The molecule has 0 spiro atoms. The van der Waals surface area contributed by atoms with Crippen LogP contribution in [0.25, 0.3) is 0 Å². The largest absolute Gasteiger partial charge is 0.472 e. The Morgan fingerprint density at radius 2 is 2.00 bits per heavy atom. The van der Waals surface area contributed by atoms with Crippen LogP contribution in [-0.2, 0) is 6.54 Å². The number of nitrogens with zero attached hydrogens (tertiary/aromatic N) is 2. The molecule has 0 saturated carbocycles. The number of hydrogen-bond acceptors (Lipinski definition) is 5. The van der Waals surface area contributed by atoms with E-state index >= 15 is 0 Å². The first kappa shape index (κ1) is 12.4. The standard InChI is InChI=1S/C13H18N4O/c1-3-5-14-12-10(2)13(17-9-16-12)15-7-11-4-6-18-8-11/h4,6,8-9H,3,5,7H2,1-2H3,(H2,14,15,16,17). The third-order valence-electron chi connectivity index (χ3n) is 2.67. The number of anilines is 2. The van der Waals surface area contributed by atoms with Crippen molar-refractivity contribution in [3.63, 3.8) is 0 Å². The van der Waals surface area contributed by atoms with Gasteiger partial charge in [-0.1, -0.05) is 6.92 Å². The molecule has 0 fully saturated rings. The Kier molecular flexibility index (Phi) is 4.17. The lowest BCUT2D eigenvalue weighted by atomic mass is 10.3. The summed E-state index contributed by atoms with van der Waals surface area (Å²) in [6.45, 7) is 5.75. The molecule has 0 atom stereocenters. The maximum atomic E-state index is 5.02. The van der Waals surface area contributed by atoms with Crippen molar-refractivity contribution in [1.29, 1.82) is 0 Å². The molecule has 0 aliphatic rings. The minimum atomic E-state index is 0.696. The number of hydrogen-bond donors (Lipinski definition) is 2. The average molecular weight is 246 g/mol. The Morgan fingerprint density at radius 1 is 1.22 bits per heavy atom. The van der Waals surface area contributed by atoms with Gasteiger partial charge in [-0.3, -0.25) is 0 Å². The molecule has 0 aliphatic carbocycles. The monoisotopic (exact) mass is 246 g/mol. The molecule has 96 valence electrons. The summed E-state index contributed by atoms with van der Waals surface area (Å²) in [6, 6.07) is 1.93. The zero-order valence-corrected chi connectivity index (χ0v) is 10.7. The molecule has 2 N–H and O–H groups in total. The first-order valence-electron chi connectivity index (χ1n) is 6.11. The molecule has 0 saturated heterocycles. The molecule has 0 bridgehead atoms. The molecular formula is C13H18N4O. The third-order valence-corrected chi connectivity index (χ3v) is 2.67. The summed E-state index contributed by atoms with van der Waals surface area (Å²) in [6.07, 6.45) is 6.03. The van der Waals surface area contributed by atoms with Crippen LogP contribution in [0.4, 0.5) is 11.6 Å². The second-order valence-corrected chi connectivity index (χ2v) is 4.11. The molecule has 0 aliphatic heterocycles. The van der Waals surface area contributed by atoms with Crippen LogP contribution in [-0.4, -0.2) is 16.5 Å². The lowest BCUT2D eigenvalue weighted by Crippen LogP contribution is -2.08. The van der Waals surface area contributed by atoms with Gasteiger partial charge in [0.05, 0.1) is 12.5 Å². The first-order chi connectivity index (χ1) is 8.81. The van der Waals surface area contributed by atoms with E-state index in [0.29, 0.717) is 6.54 Å². The smallest absolute Gasteiger partial charge is 0.134 e. The molecule has 0 aromatic carbocycles. The summed E-state index contributed by atoms with van der Waals surface area (Å²) in [5, 5.41) is 6.57. The summed E-state index contributed by atoms with van der Waals surface area (Å²) >= 11 is 0. The van der Waals surface area contributed by atoms with E-state index in [1.165, 1.54) is 0 Å².